The smallest absolute Gasteiger partial charge is 0.387 e. The van der Waals surface area contributed by atoms with Crippen molar-refractivity contribution in [3.8, 4) is 23.0 Å². The third-order valence-electron chi connectivity index (χ3n) is 3.44. The van der Waals surface area contributed by atoms with Gasteiger partial charge >= 0.3 is 6.61 Å². The number of hydrogen-bond acceptors (Lipinski definition) is 5. The molecule has 0 fully saturated rings. The van der Waals surface area contributed by atoms with E-state index in [1.165, 1.54) is 25.3 Å². The van der Waals surface area contributed by atoms with Crippen molar-refractivity contribution in [3.63, 3.8) is 0 Å². The Kier molecular flexibility index (Phi) is 4.87. The van der Waals surface area contributed by atoms with Crippen LogP contribution in [0.1, 0.15) is 10.4 Å². The second-order valence-electron chi connectivity index (χ2n) is 5.06. The summed E-state index contributed by atoms with van der Waals surface area (Å²) in [5.74, 6) is 0.659. The minimum absolute atomic E-state index is 0.0836. The molecule has 0 radical (unpaired) electrons. The molecule has 0 spiro atoms. The molecule has 25 heavy (non-hydrogen) atoms. The lowest BCUT2D eigenvalue weighted by Crippen LogP contribution is -2.17. The lowest BCUT2D eigenvalue weighted by molar-refractivity contribution is -0.0512. The SMILES string of the molecule is COc1cc(NC(=O)c2ccc3c(c2)OCCO3)ccc1OC(F)F. The average molecular weight is 351 g/mol. The van der Waals surface area contributed by atoms with Gasteiger partial charge in [0, 0.05) is 17.3 Å². The van der Waals surface area contributed by atoms with Gasteiger partial charge in [-0.1, -0.05) is 0 Å². The lowest BCUT2D eigenvalue weighted by atomic mass is 10.1. The van der Waals surface area contributed by atoms with Crippen molar-refractivity contribution in [1.82, 2.24) is 0 Å². The molecule has 0 saturated carbocycles. The maximum Gasteiger partial charge on any atom is 0.387 e. The van der Waals surface area contributed by atoms with Crippen LogP contribution in [0.5, 0.6) is 23.0 Å². The Balaban J connectivity index is 1.76. The van der Waals surface area contributed by atoms with Gasteiger partial charge in [-0.05, 0) is 30.3 Å². The Hall–Kier alpha value is -3.03. The molecule has 0 atom stereocenters. The average Bonchev–Trinajstić information content (AvgIpc) is 2.62. The Bertz CT molecular complexity index is 782. The summed E-state index contributed by atoms with van der Waals surface area (Å²) in [4.78, 5) is 12.4. The zero-order valence-corrected chi connectivity index (χ0v) is 13.3. The number of carbonyl (C=O) groups is 1. The van der Waals surface area contributed by atoms with Crippen LogP contribution in [0, 0.1) is 0 Å². The fourth-order valence-corrected chi connectivity index (χ4v) is 2.33. The first-order valence-electron chi connectivity index (χ1n) is 7.40. The molecule has 1 aliphatic heterocycles. The van der Waals surface area contributed by atoms with Gasteiger partial charge in [-0.25, -0.2) is 0 Å². The summed E-state index contributed by atoms with van der Waals surface area (Å²) in [6, 6.07) is 8.97. The van der Waals surface area contributed by atoms with Crippen LogP contribution in [0.3, 0.4) is 0 Å². The van der Waals surface area contributed by atoms with Crippen LogP contribution in [0.15, 0.2) is 36.4 Å². The van der Waals surface area contributed by atoms with E-state index in [0.29, 0.717) is 36.0 Å². The molecule has 0 aliphatic carbocycles. The predicted molar refractivity (Wildman–Crippen MR) is 85.0 cm³/mol. The number of ether oxygens (including phenoxy) is 4. The van der Waals surface area contributed by atoms with Crippen molar-refractivity contribution >= 4 is 11.6 Å². The van der Waals surface area contributed by atoms with Crippen LogP contribution in [-0.2, 0) is 0 Å². The quantitative estimate of drug-likeness (QED) is 0.895. The molecular weight excluding hydrogens is 336 g/mol. The molecule has 2 aromatic rings. The minimum Gasteiger partial charge on any atom is -0.493 e. The molecule has 0 unspecified atom stereocenters. The molecule has 0 aromatic heterocycles. The second kappa shape index (κ2) is 7.25. The molecule has 1 heterocycles. The van der Waals surface area contributed by atoms with Crippen molar-refractivity contribution in [2.75, 3.05) is 25.6 Å². The molecule has 8 heteroatoms. The molecular formula is C17H15F2NO5. The Morgan fingerprint density at radius 2 is 1.84 bits per heavy atom. The van der Waals surface area contributed by atoms with Gasteiger partial charge in [0.1, 0.15) is 13.2 Å². The van der Waals surface area contributed by atoms with Crippen molar-refractivity contribution in [2.24, 2.45) is 0 Å². The van der Waals surface area contributed by atoms with Crippen LogP contribution in [0.25, 0.3) is 0 Å². The Morgan fingerprint density at radius 3 is 2.56 bits per heavy atom. The number of rotatable bonds is 5. The fraction of sp³-hybridized carbons (Fsp3) is 0.235. The van der Waals surface area contributed by atoms with E-state index in [9.17, 15) is 13.6 Å². The summed E-state index contributed by atoms with van der Waals surface area (Å²) in [6.07, 6.45) is 0. The minimum atomic E-state index is -2.97. The summed E-state index contributed by atoms with van der Waals surface area (Å²) in [7, 11) is 1.32. The molecule has 132 valence electrons. The molecule has 1 amide bonds. The first kappa shape index (κ1) is 16.8. The van der Waals surface area contributed by atoms with E-state index in [1.807, 2.05) is 0 Å². The van der Waals surface area contributed by atoms with Crippen molar-refractivity contribution in [3.05, 3.63) is 42.0 Å². The predicted octanol–water partition coefficient (Wildman–Crippen LogP) is 3.32. The van der Waals surface area contributed by atoms with Gasteiger partial charge in [-0.3, -0.25) is 4.79 Å². The highest BCUT2D eigenvalue weighted by Gasteiger charge is 2.16. The van der Waals surface area contributed by atoms with Gasteiger partial charge in [-0.2, -0.15) is 8.78 Å². The summed E-state index contributed by atoms with van der Waals surface area (Å²) in [5, 5.41) is 2.66. The zero-order valence-electron chi connectivity index (χ0n) is 13.3. The van der Waals surface area contributed by atoms with Gasteiger partial charge in [0.05, 0.1) is 7.11 Å². The molecule has 1 aliphatic rings. The fourth-order valence-electron chi connectivity index (χ4n) is 2.33. The van der Waals surface area contributed by atoms with Crippen LogP contribution in [0.2, 0.25) is 0 Å². The van der Waals surface area contributed by atoms with Gasteiger partial charge in [0.2, 0.25) is 0 Å². The highest BCUT2D eigenvalue weighted by Crippen LogP contribution is 2.33. The third-order valence-corrected chi connectivity index (χ3v) is 3.44. The summed E-state index contributed by atoms with van der Waals surface area (Å²) in [5.41, 5.74) is 0.745. The number of fused-ring (bicyclic) bond motifs is 1. The summed E-state index contributed by atoms with van der Waals surface area (Å²) >= 11 is 0. The van der Waals surface area contributed by atoms with E-state index in [2.05, 4.69) is 10.1 Å². The maximum atomic E-state index is 12.4. The van der Waals surface area contributed by atoms with E-state index >= 15 is 0 Å². The lowest BCUT2D eigenvalue weighted by Gasteiger charge is -2.18. The standard InChI is InChI=1S/C17H15F2NO5/c1-22-14-9-11(3-5-13(14)25-17(18)19)20-16(21)10-2-4-12-15(8-10)24-7-6-23-12/h2-5,8-9,17H,6-7H2,1H3,(H,20,21). The van der Waals surface area contributed by atoms with Crippen LogP contribution < -0.4 is 24.3 Å². The third kappa shape index (κ3) is 3.90. The van der Waals surface area contributed by atoms with E-state index in [1.54, 1.807) is 18.2 Å². The molecule has 0 bridgehead atoms. The van der Waals surface area contributed by atoms with Gasteiger partial charge in [0.25, 0.3) is 5.91 Å². The number of benzene rings is 2. The Morgan fingerprint density at radius 1 is 1.08 bits per heavy atom. The maximum absolute atomic E-state index is 12.4. The largest absolute Gasteiger partial charge is 0.493 e. The van der Waals surface area contributed by atoms with E-state index in [0.717, 1.165) is 0 Å². The first-order valence-corrected chi connectivity index (χ1v) is 7.40. The van der Waals surface area contributed by atoms with Gasteiger partial charge < -0.3 is 24.3 Å². The number of carbonyl (C=O) groups excluding carboxylic acids is 1. The van der Waals surface area contributed by atoms with Crippen molar-refractivity contribution in [1.29, 1.82) is 0 Å². The molecule has 2 aromatic carbocycles. The number of hydrogen-bond donors (Lipinski definition) is 1. The van der Waals surface area contributed by atoms with Crippen molar-refractivity contribution in [2.45, 2.75) is 6.61 Å². The monoisotopic (exact) mass is 351 g/mol. The van der Waals surface area contributed by atoms with E-state index in [-0.39, 0.29) is 17.4 Å². The van der Waals surface area contributed by atoms with E-state index in [4.69, 9.17) is 14.2 Å². The molecule has 3 rings (SSSR count). The highest BCUT2D eigenvalue weighted by atomic mass is 19.3. The summed E-state index contributed by atoms with van der Waals surface area (Å²) in [6.45, 7) is -2.08. The van der Waals surface area contributed by atoms with Crippen LogP contribution in [-0.4, -0.2) is 32.8 Å². The van der Waals surface area contributed by atoms with Gasteiger partial charge in [-0.15, -0.1) is 0 Å². The van der Waals surface area contributed by atoms with Gasteiger partial charge in [0.15, 0.2) is 23.0 Å². The topological polar surface area (TPSA) is 66.0 Å². The van der Waals surface area contributed by atoms with Crippen LogP contribution in [0.4, 0.5) is 14.5 Å². The zero-order chi connectivity index (χ0) is 17.8. The van der Waals surface area contributed by atoms with E-state index < -0.39 is 6.61 Å². The highest BCUT2D eigenvalue weighted by molar-refractivity contribution is 6.04. The number of amides is 1. The Labute approximate surface area is 142 Å². The first-order chi connectivity index (χ1) is 12.1. The number of alkyl halides is 2. The van der Waals surface area contributed by atoms with Crippen LogP contribution >= 0.6 is 0 Å². The molecule has 1 N–H and O–H groups in total. The molecule has 0 saturated heterocycles. The number of nitrogens with one attached hydrogen (secondary N) is 1. The second-order valence-corrected chi connectivity index (χ2v) is 5.06. The molecule has 6 nitrogen and oxygen atoms in total. The summed E-state index contributed by atoms with van der Waals surface area (Å²) < 4.78 is 44.9. The number of anilines is 1. The normalized spacial score (nSPS) is 12.6. The number of halogens is 2. The number of methoxy groups -OCH3 is 1. The van der Waals surface area contributed by atoms with Crippen molar-refractivity contribution < 1.29 is 32.5 Å².